The molecule has 5 heteroatoms. The molecule has 0 bridgehead atoms. The molecule has 1 atom stereocenters. The number of halogens is 3. The van der Waals surface area contributed by atoms with Gasteiger partial charge in [-0.2, -0.15) is 6.07 Å². The second-order valence-electron chi connectivity index (χ2n) is 2.82. The minimum atomic E-state index is -0.945. The summed E-state index contributed by atoms with van der Waals surface area (Å²) >= 11 is 4.25. The van der Waals surface area contributed by atoms with Crippen molar-refractivity contribution in [2.45, 2.75) is 26.4 Å². The molecule has 0 fully saturated rings. The van der Waals surface area contributed by atoms with Crippen molar-refractivity contribution in [3.8, 4) is 5.75 Å². The van der Waals surface area contributed by atoms with Crippen molar-refractivity contribution >= 4 is 13.6 Å². The number of ether oxygens (including phenoxy) is 1. The monoisotopic (exact) mass is 328 g/mol. The van der Waals surface area contributed by atoms with Gasteiger partial charge in [0.2, 0.25) is 0 Å². The quantitative estimate of drug-likeness (QED) is 0.605. The molecule has 0 saturated carbocycles. The Morgan fingerprint density at radius 1 is 1.47 bits per heavy atom. The van der Waals surface area contributed by atoms with Gasteiger partial charge in [0, 0.05) is 11.6 Å². The van der Waals surface area contributed by atoms with Crippen molar-refractivity contribution in [1.29, 1.82) is 0 Å². The fourth-order valence-corrected chi connectivity index (χ4v) is 0.821. The zero-order valence-electron chi connectivity index (χ0n) is 8.69. The summed E-state index contributed by atoms with van der Waals surface area (Å²) in [6, 6.07) is 4.70. The van der Waals surface area contributed by atoms with Gasteiger partial charge in [0.15, 0.2) is 0 Å². The Bertz CT molecular complexity index is 297. The van der Waals surface area contributed by atoms with Gasteiger partial charge in [0.05, 0.1) is 11.9 Å². The molecule has 0 aliphatic carbocycles. The molecule has 0 saturated heterocycles. The maximum atomic E-state index is 13.0. The summed E-state index contributed by atoms with van der Waals surface area (Å²) in [4.78, 5) is 0. The van der Waals surface area contributed by atoms with Crippen LogP contribution in [0.15, 0.2) is 12.1 Å². The zero-order chi connectivity index (χ0) is 11.8. The summed E-state index contributed by atoms with van der Waals surface area (Å²) in [6.45, 7) is 3.70. The number of benzene rings is 1. The van der Waals surface area contributed by atoms with Crippen molar-refractivity contribution in [2.24, 2.45) is 0 Å². The minimum absolute atomic E-state index is 0.0747. The third-order valence-electron chi connectivity index (χ3n) is 1.75. The summed E-state index contributed by atoms with van der Waals surface area (Å²) in [5.41, 5.74) is 0. The number of hydrogen-bond donors (Lipinski definition) is 0. The van der Waals surface area contributed by atoms with Gasteiger partial charge < -0.3 is 4.74 Å². The molecule has 15 heavy (non-hydrogen) atoms. The number of rotatable bonds is 3. The van der Waals surface area contributed by atoms with Gasteiger partial charge in [-0.3, -0.25) is 4.39 Å². The summed E-state index contributed by atoms with van der Waals surface area (Å²) in [5.74, 6) is -1.95. The van der Waals surface area contributed by atoms with Crippen LogP contribution < -0.4 is 4.74 Å². The van der Waals surface area contributed by atoms with Crippen LogP contribution in [0.1, 0.15) is 20.3 Å². The molecule has 80 valence electrons. The first kappa shape index (κ1) is 15.0. The van der Waals surface area contributed by atoms with Gasteiger partial charge in [-0.1, -0.05) is 6.92 Å². The molecule has 0 aromatic heterocycles. The SMILES string of the molecule is CCC(C)Oc1c[c-]cc(F)c1F.[Zn+][Br]. The van der Waals surface area contributed by atoms with Gasteiger partial charge in [-0.05, 0) is 13.3 Å². The van der Waals surface area contributed by atoms with Crippen LogP contribution in [-0.2, 0) is 16.3 Å². The average Bonchev–Trinajstić information content (AvgIpc) is 2.27. The molecule has 1 aromatic rings. The first-order chi connectivity index (χ1) is 7.15. The van der Waals surface area contributed by atoms with E-state index in [1.165, 1.54) is 22.4 Å². The topological polar surface area (TPSA) is 9.23 Å². The zero-order valence-corrected chi connectivity index (χ0v) is 13.2. The fraction of sp³-hybridized carbons (Fsp3) is 0.400. The van der Waals surface area contributed by atoms with Crippen molar-refractivity contribution in [2.75, 3.05) is 0 Å². The Morgan fingerprint density at radius 3 is 2.60 bits per heavy atom. The van der Waals surface area contributed by atoms with E-state index in [9.17, 15) is 8.78 Å². The summed E-state index contributed by atoms with van der Waals surface area (Å²) in [7, 11) is 0. The van der Waals surface area contributed by atoms with E-state index in [0.29, 0.717) is 0 Å². The third kappa shape index (κ3) is 5.03. The van der Waals surface area contributed by atoms with Crippen molar-refractivity contribution < 1.29 is 29.9 Å². The van der Waals surface area contributed by atoms with E-state index in [1.54, 1.807) is 6.92 Å². The molecule has 0 spiro atoms. The van der Waals surface area contributed by atoms with Crippen LogP contribution >= 0.6 is 13.6 Å². The van der Waals surface area contributed by atoms with E-state index in [-0.39, 0.29) is 11.9 Å². The van der Waals surface area contributed by atoms with E-state index in [1.807, 2.05) is 6.92 Å². The normalized spacial score (nSPS) is 11.4. The molecule has 1 rings (SSSR count). The van der Waals surface area contributed by atoms with Crippen molar-refractivity contribution in [3.05, 3.63) is 29.8 Å². The molecule has 1 unspecified atom stereocenters. The van der Waals surface area contributed by atoms with Gasteiger partial charge in [0.1, 0.15) is 0 Å². The third-order valence-corrected chi connectivity index (χ3v) is 1.75. The molecule has 0 aliphatic rings. The molecule has 0 aliphatic heterocycles. The molecule has 0 amide bonds. The Balaban J connectivity index is 0.000000921. The summed E-state index contributed by atoms with van der Waals surface area (Å²) < 4.78 is 30.8. The molecule has 0 N–H and O–H groups in total. The van der Waals surface area contributed by atoms with E-state index in [4.69, 9.17) is 4.74 Å². The Kier molecular flexibility index (Phi) is 8.16. The van der Waals surface area contributed by atoms with E-state index < -0.39 is 11.6 Å². The molecular formula is C10H11BrF2OZn. The summed E-state index contributed by atoms with van der Waals surface area (Å²) in [5, 5.41) is 0. The molecule has 1 aromatic carbocycles. The maximum absolute atomic E-state index is 13.0. The van der Waals surface area contributed by atoms with Crippen LogP contribution in [0.2, 0.25) is 0 Å². The Labute approximate surface area is 105 Å². The van der Waals surface area contributed by atoms with E-state index in [2.05, 4.69) is 19.7 Å². The van der Waals surface area contributed by atoms with Crippen LogP contribution in [0, 0.1) is 17.7 Å². The van der Waals surface area contributed by atoms with Crippen LogP contribution in [0.25, 0.3) is 0 Å². The average molecular weight is 330 g/mol. The van der Waals surface area contributed by atoms with Crippen molar-refractivity contribution in [3.63, 3.8) is 0 Å². The van der Waals surface area contributed by atoms with Gasteiger partial charge in [-0.25, -0.2) is 4.39 Å². The van der Waals surface area contributed by atoms with E-state index in [0.717, 1.165) is 12.5 Å². The second kappa shape index (κ2) is 8.17. The van der Waals surface area contributed by atoms with Gasteiger partial charge in [-0.15, -0.1) is 12.1 Å². The van der Waals surface area contributed by atoms with Gasteiger partial charge in [0.25, 0.3) is 0 Å². The Morgan fingerprint density at radius 2 is 2.07 bits per heavy atom. The Hall–Kier alpha value is -0.0166. The summed E-state index contributed by atoms with van der Waals surface area (Å²) in [6.07, 6.45) is 0.625. The van der Waals surface area contributed by atoms with Crippen LogP contribution in [0.3, 0.4) is 0 Å². The molecule has 0 radical (unpaired) electrons. The van der Waals surface area contributed by atoms with Gasteiger partial charge >= 0.3 is 30.0 Å². The van der Waals surface area contributed by atoms with Crippen LogP contribution in [0.5, 0.6) is 5.75 Å². The van der Waals surface area contributed by atoms with Crippen molar-refractivity contribution in [1.82, 2.24) is 0 Å². The van der Waals surface area contributed by atoms with Crippen LogP contribution in [0.4, 0.5) is 8.78 Å². The predicted octanol–water partition coefficient (Wildman–Crippen LogP) is 3.79. The van der Waals surface area contributed by atoms with Crippen LogP contribution in [-0.4, -0.2) is 6.10 Å². The number of hydrogen-bond acceptors (Lipinski definition) is 1. The standard InChI is InChI=1S/C10H11F2O.BrH.Zn/c1-3-7(2)13-9-6-4-5-8(11)10(9)12;;/h5-7H,3H2,1-2H3;1H;/q-1;;+2/p-1. The molecule has 0 heterocycles. The molecular weight excluding hydrogens is 319 g/mol. The molecule has 1 nitrogen and oxygen atoms in total. The van der Waals surface area contributed by atoms with E-state index >= 15 is 0 Å². The second-order valence-corrected chi connectivity index (χ2v) is 2.82. The first-order valence-electron chi connectivity index (χ1n) is 4.43. The fourth-order valence-electron chi connectivity index (χ4n) is 0.821. The predicted molar refractivity (Wildman–Crippen MR) is 54.5 cm³/mol. The first-order valence-corrected chi connectivity index (χ1v) is 11.4.